The second-order valence-electron chi connectivity index (χ2n) is 12.2. The monoisotopic (exact) mass is 515 g/mol. The van der Waals surface area contributed by atoms with E-state index in [-0.39, 0.29) is 23.3 Å². The average Bonchev–Trinajstić information content (AvgIpc) is 2.78. The minimum absolute atomic E-state index is 0.0500. The first-order valence-electron chi connectivity index (χ1n) is 13.1. The molecular formula is C29H42FN3O4. The smallest absolute Gasteiger partial charge is 0.337 e. The molecule has 3 heterocycles. The van der Waals surface area contributed by atoms with Crippen LogP contribution < -0.4 is 9.64 Å². The van der Waals surface area contributed by atoms with Gasteiger partial charge in [-0.1, -0.05) is 27.7 Å². The van der Waals surface area contributed by atoms with E-state index in [2.05, 4.69) is 28.7 Å². The number of carboxylic acids is 1. The first-order chi connectivity index (χ1) is 17.1. The van der Waals surface area contributed by atoms with Crippen LogP contribution >= 0.6 is 0 Å². The van der Waals surface area contributed by atoms with Gasteiger partial charge in [0.05, 0.1) is 11.3 Å². The van der Waals surface area contributed by atoms with Gasteiger partial charge in [-0.25, -0.2) is 14.2 Å². The van der Waals surface area contributed by atoms with Crippen molar-refractivity contribution in [2.24, 2.45) is 11.3 Å². The molecule has 7 nitrogen and oxygen atoms in total. The maximum absolute atomic E-state index is 15.2. The summed E-state index contributed by atoms with van der Waals surface area (Å²) >= 11 is 0. The average molecular weight is 516 g/mol. The van der Waals surface area contributed by atoms with E-state index in [4.69, 9.17) is 9.47 Å². The quantitative estimate of drug-likeness (QED) is 0.425. The fraction of sp³-hybridized carbons (Fsp3) is 0.621. The summed E-state index contributed by atoms with van der Waals surface area (Å²) in [5, 5.41) is 10.2. The molecule has 0 radical (unpaired) electrons. The number of aliphatic carboxylic acids is 1. The molecule has 1 N–H and O–H groups in total. The molecule has 0 saturated carbocycles. The first kappa shape index (κ1) is 28.8. The normalized spacial score (nSPS) is 17.5. The second-order valence-corrected chi connectivity index (χ2v) is 12.2. The van der Waals surface area contributed by atoms with E-state index in [0.717, 1.165) is 25.9 Å². The van der Waals surface area contributed by atoms with Crippen LogP contribution in [0.15, 0.2) is 18.5 Å². The van der Waals surface area contributed by atoms with E-state index in [1.165, 1.54) is 6.07 Å². The summed E-state index contributed by atoms with van der Waals surface area (Å²) < 4.78 is 27.0. The van der Waals surface area contributed by atoms with E-state index < -0.39 is 23.5 Å². The Morgan fingerprint density at radius 1 is 1.14 bits per heavy atom. The van der Waals surface area contributed by atoms with Crippen LogP contribution in [-0.4, -0.2) is 45.8 Å². The summed E-state index contributed by atoms with van der Waals surface area (Å²) in [7, 11) is 0. The molecule has 0 bridgehead atoms. The van der Waals surface area contributed by atoms with Crippen molar-refractivity contribution >= 4 is 11.7 Å². The van der Waals surface area contributed by atoms with Crippen molar-refractivity contribution in [1.29, 1.82) is 0 Å². The van der Waals surface area contributed by atoms with E-state index in [9.17, 15) is 9.90 Å². The number of pyridine rings is 2. The lowest BCUT2D eigenvalue weighted by molar-refractivity contribution is -0.160. The van der Waals surface area contributed by atoms with Crippen LogP contribution in [0.25, 0.3) is 11.1 Å². The number of carboxylic acid groups (broad SMARTS) is 1. The third kappa shape index (κ3) is 6.98. The summed E-state index contributed by atoms with van der Waals surface area (Å²) in [6.07, 6.45) is 3.70. The molecule has 0 aromatic carbocycles. The number of carbonyl (C=O) groups is 1. The van der Waals surface area contributed by atoms with Gasteiger partial charge in [0.15, 0.2) is 11.9 Å². The van der Waals surface area contributed by atoms with E-state index in [1.807, 2.05) is 41.5 Å². The van der Waals surface area contributed by atoms with Crippen LogP contribution in [0.3, 0.4) is 0 Å². The Balaban J connectivity index is 2.18. The Kier molecular flexibility index (Phi) is 8.52. The van der Waals surface area contributed by atoms with Gasteiger partial charge in [0.2, 0.25) is 0 Å². The molecule has 1 saturated heterocycles. The summed E-state index contributed by atoms with van der Waals surface area (Å²) in [5.41, 5.74) is 2.40. The van der Waals surface area contributed by atoms with Gasteiger partial charge in [-0.2, -0.15) is 0 Å². The summed E-state index contributed by atoms with van der Waals surface area (Å²) in [6.45, 7) is 19.1. The van der Waals surface area contributed by atoms with E-state index >= 15 is 4.39 Å². The Labute approximate surface area is 220 Å². The number of aromatic nitrogens is 2. The fourth-order valence-electron chi connectivity index (χ4n) is 4.37. The first-order valence-corrected chi connectivity index (χ1v) is 13.1. The van der Waals surface area contributed by atoms with Crippen LogP contribution in [0.5, 0.6) is 5.88 Å². The minimum Gasteiger partial charge on any atom is -0.479 e. The number of hydrogen-bond acceptors (Lipinski definition) is 6. The molecule has 2 atom stereocenters. The Morgan fingerprint density at radius 3 is 2.27 bits per heavy atom. The fourth-order valence-corrected chi connectivity index (χ4v) is 4.37. The van der Waals surface area contributed by atoms with Gasteiger partial charge in [0.1, 0.15) is 6.10 Å². The molecule has 2 aromatic rings. The number of halogens is 1. The highest BCUT2D eigenvalue weighted by molar-refractivity contribution is 5.86. The molecule has 1 aliphatic rings. The Morgan fingerprint density at radius 2 is 1.76 bits per heavy atom. The molecule has 8 heteroatoms. The molecule has 0 unspecified atom stereocenters. The third-order valence-corrected chi connectivity index (χ3v) is 7.03. The minimum atomic E-state index is -1.23. The van der Waals surface area contributed by atoms with Crippen molar-refractivity contribution in [2.45, 2.75) is 93.0 Å². The highest BCUT2D eigenvalue weighted by Gasteiger charge is 2.36. The number of hydrogen-bond donors (Lipinski definition) is 1. The van der Waals surface area contributed by atoms with Crippen molar-refractivity contribution in [2.75, 3.05) is 18.0 Å². The largest absolute Gasteiger partial charge is 0.479 e. The van der Waals surface area contributed by atoms with Crippen LogP contribution in [0.2, 0.25) is 0 Å². The lowest BCUT2D eigenvalue weighted by atomic mass is 9.82. The highest BCUT2D eigenvalue weighted by atomic mass is 19.1. The molecule has 204 valence electrons. The van der Waals surface area contributed by atoms with Gasteiger partial charge < -0.3 is 19.5 Å². The molecule has 1 aliphatic heterocycles. The van der Waals surface area contributed by atoms with Gasteiger partial charge in [-0.05, 0) is 64.9 Å². The number of aryl methyl sites for hydroxylation is 1. The van der Waals surface area contributed by atoms with Crippen molar-refractivity contribution in [3.63, 3.8) is 0 Å². The standard InChI is InChI=1S/C29H42FN3O4/c1-17(2)19(4)36-26-22(30)14-20(15-32-26)21-16-31-18(3)23(25(27(34)35)37-28(5,6)7)24(21)33-12-10-29(8,9)11-13-33/h14-17,19,25H,10-13H2,1-9H3,(H,34,35)/t19-,25+/m1/s1. The number of piperidine rings is 1. The summed E-state index contributed by atoms with van der Waals surface area (Å²) in [4.78, 5) is 23.5. The van der Waals surface area contributed by atoms with Gasteiger partial charge in [-0.3, -0.25) is 4.98 Å². The number of ether oxygens (including phenoxy) is 2. The molecule has 3 rings (SSSR count). The molecular weight excluding hydrogens is 473 g/mol. The van der Waals surface area contributed by atoms with Crippen molar-refractivity contribution in [3.8, 4) is 17.0 Å². The topological polar surface area (TPSA) is 84.8 Å². The Hall–Kier alpha value is -2.74. The lowest BCUT2D eigenvalue weighted by Crippen LogP contribution is -2.39. The van der Waals surface area contributed by atoms with Crippen molar-refractivity contribution in [1.82, 2.24) is 9.97 Å². The molecule has 2 aromatic heterocycles. The highest BCUT2D eigenvalue weighted by Crippen LogP contribution is 2.43. The maximum atomic E-state index is 15.2. The molecule has 37 heavy (non-hydrogen) atoms. The zero-order chi connectivity index (χ0) is 27.7. The summed E-state index contributed by atoms with van der Waals surface area (Å²) in [5.74, 6) is -1.51. The van der Waals surface area contributed by atoms with Gasteiger partial charge in [0.25, 0.3) is 5.88 Å². The lowest BCUT2D eigenvalue weighted by Gasteiger charge is -2.40. The second kappa shape index (κ2) is 10.9. The van der Waals surface area contributed by atoms with Gasteiger partial charge in [-0.15, -0.1) is 0 Å². The zero-order valence-corrected chi connectivity index (χ0v) is 23.7. The van der Waals surface area contributed by atoms with E-state index in [0.29, 0.717) is 28.1 Å². The third-order valence-electron chi connectivity index (χ3n) is 7.03. The van der Waals surface area contributed by atoms with Crippen LogP contribution in [-0.2, 0) is 9.53 Å². The van der Waals surface area contributed by atoms with Gasteiger partial charge in [0, 0.05) is 47.9 Å². The zero-order valence-electron chi connectivity index (χ0n) is 23.7. The number of rotatable bonds is 8. The van der Waals surface area contributed by atoms with Crippen LogP contribution in [0.1, 0.15) is 85.6 Å². The predicted molar refractivity (Wildman–Crippen MR) is 144 cm³/mol. The van der Waals surface area contributed by atoms with Crippen molar-refractivity contribution < 1.29 is 23.8 Å². The molecule has 1 fully saturated rings. The number of anilines is 1. The summed E-state index contributed by atoms with van der Waals surface area (Å²) in [6, 6.07) is 1.39. The molecule has 0 spiro atoms. The maximum Gasteiger partial charge on any atom is 0.337 e. The van der Waals surface area contributed by atoms with Crippen LogP contribution in [0.4, 0.5) is 10.1 Å². The Bertz CT molecular complexity index is 1120. The van der Waals surface area contributed by atoms with Crippen molar-refractivity contribution in [3.05, 3.63) is 35.5 Å². The number of nitrogens with zero attached hydrogens (tertiary/aromatic N) is 3. The molecule has 0 amide bonds. The predicted octanol–water partition coefficient (Wildman–Crippen LogP) is 6.58. The van der Waals surface area contributed by atoms with Crippen LogP contribution in [0, 0.1) is 24.1 Å². The van der Waals surface area contributed by atoms with E-state index in [1.54, 1.807) is 19.3 Å². The molecule has 0 aliphatic carbocycles. The van der Waals surface area contributed by atoms with Gasteiger partial charge >= 0.3 is 5.97 Å². The SMILES string of the molecule is Cc1ncc(-c2cnc(O[C@H](C)C(C)C)c(F)c2)c(N2CCC(C)(C)CC2)c1[C@H](OC(C)(C)C)C(=O)O.